The van der Waals surface area contributed by atoms with Crippen LogP contribution in [0.2, 0.25) is 0 Å². The van der Waals surface area contributed by atoms with Gasteiger partial charge in [0.2, 0.25) is 0 Å². The topological polar surface area (TPSA) is 85.8 Å². The molecular weight excluding hydrogens is 344 g/mol. The summed E-state index contributed by atoms with van der Waals surface area (Å²) in [5.41, 5.74) is 2.32. The molecule has 1 fully saturated rings. The van der Waals surface area contributed by atoms with Gasteiger partial charge >= 0.3 is 5.97 Å². The fourth-order valence-corrected chi connectivity index (χ4v) is 3.30. The Morgan fingerprint density at radius 3 is 2.52 bits per heavy atom. The summed E-state index contributed by atoms with van der Waals surface area (Å²) >= 11 is 0. The molecule has 7 nitrogen and oxygen atoms in total. The average molecular weight is 368 g/mol. The van der Waals surface area contributed by atoms with Crippen LogP contribution in [-0.2, 0) is 0 Å². The Labute approximate surface area is 158 Å². The van der Waals surface area contributed by atoms with Crippen molar-refractivity contribution in [1.82, 2.24) is 4.98 Å². The van der Waals surface area contributed by atoms with Crippen LogP contribution in [0.25, 0.3) is 0 Å². The summed E-state index contributed by atoms with van der Waals surface area (Å²) in [7, 11) is 0. The van der Waals surface area contributed by atoms with Crippen LogP contribution >= 0.6 is 0 Å². The van der Waals surface area contributed by atoms with E-state index in [-0.39, 0.29) is 5.56 Å². The van der Waals surface area contributed by atoms with Gasteiger partial charge in [0.1, 0.15) is 0 Å². The molecule has 0 unspecified atom stereocenters. The number of aromatic nitrogens is 1. The largest absolute Gasteiger partial charge is 0.478 e. The average Bonchev–Trinajstić information content (AvgIpc) is 2.67. The highest BCUT2D eigenvalue weighted by atomic mass is 16.4. The van der Waals surface area contributed by atoms with Gasteiger partial charge in [0.15, 0.2) is 12.1 Å². The number of anilines is 3. The molecule has 0 bridgehead atoms. The van der Waals surface area contributed by atoms with Crippen LogP contribution in [0, 0.1) is 0 Å². The van der Waals surface area contributed by atoms with Crippen LogP contribution in [-0.4, -0.2) is 54.6 Å². The number of aromatic carboxylic acids is 1. The molecule has 3 rings (SSSR count). The molecule has 0 amide bonds. The molecule has 0 atom stereocenters. The number of nitrogens with one attached hydrogen (secondary N) is 1. The smallest absolute Gasteiger partial charge is 0.335 e. The predicted octanol–water partition coefficient (Wildman–Crippen LogP) is 2.74. The Morgan fingerprint density at radius 2 is 1.89 bits per heavy atom. The standard InChI is InChI=1S/C20H24N4O3/c1-14(2)22-17-4-3-7-21-19(17)24-10-8-23(9-11-24)18-6-5-15(20(26)27)12-16(18)13-25/h3-7,12-14,22H,8-11H2,1-2H3,(H,26,27). The van der Waals surface area contributed by atoms with E-state index in [0.29, 0.717) is 11.6 Å². The van der Waals surface area contributed by atoms with E-state index < -0.39 is 5.97 Å². The number of carbonyl (C=O) groups excluding carboxylic acids is 1. The van der Waals surface area contributed by atoms with Crippen LogP contribution in [0.15, 0.2) is 36.5 Å². The fourth-order valence-electron chi connectivity index (χ4n) is 3.30. The molecule has 1 aromatic heterocycles. The zero-order valence-corrected chi connectivity index (χ0v) is 15.6. The minimum absolute atomic E-state index is 0.123. The first-order valence-electron chi connectivity index (χ1n) is 9.03. The van der Waals surface area contributed by atoms with Gasteiger partial charge in [-0.25, -0.2) is 9.78 Å². The highest BCUT2D eigenvalue weighted by Gasteiger charge is 2.22. The minimum Gasteiger partial charge on any atom is -0.478 e. The van der Waals surface area contributed by atoms with Gasteiger partial charge < -0.3 is 20.2 Å². The fraction of sp³-hybridized carbons (Fsp3) is 0.350. The van der Waals surface area contributed by atoms with Crippen molar-refractivity contribution in [2.75, 3.05) is 41.3 Å². The quantitative estimate of drug-likeness (QED) is 0.758. The maximum atomic E-state index is 11.4. The first-order valence-corrected chi connectivity index (χ1v) is 9.03. The van der Waals surface area contributed by atoms with Gasteiger partial charge in [0.05, 0.1) is 11.3 Å². The van der Waals surface area contributed by atoms with Crippen molar-refractivity contribution in [3.05, 3.63) is 47.7 Å². The lowest BCUT2D eigenvalue weighted by molar-refractivity contribution is 0.0697. The van der Waals surface area contributed by atoms with E-state index in [1.807, 2.05) is 12.1 Å². The SMILES string of the molecule is CC(C)Nc1cccnc1N1CCN(c2ccc(C(=O)O)cc2C=O)CC1. The lowest BCUT2D eigenvalue weighted by Gasteiger charge is -2.38. The first kappa shape index (κ1) is 18.7. The number of piperazine rings is 1. The summed E-state index contributed by atoms with van der Waals surface area (Å²) < 4.78 is 0. The second-order valence-electron chi connectivity index (χ2n) is 6.84. The van der Waals surface area contributed by atoms with Crippen LogP contribution in [0.4, 0.5) is 17.2 Å². The molecule has 2 heterocycles. The number of carboxylic acids is 1. The van der Waals surface area contributed by atoms with Crippen molar-refractivity contribution in [1.29, 1.82) is 0 Å². The number of hydrogen-bond donors (Lipinski definition) is 2. The van der Waals surface area contributed by atoms with Gasteiger partial charge in [-0.15, -0.1) is 0 Å². The van der Waals surface area contributed by atoms with Gasteiger partial charge in [-0.3, -0.25) is 4.79 Å². The third kappa shape index (κ3) is 4.19. The number of carbonyl (C=O) groups is 2. The van der Waals surface area contributed by atoms with Gasteiger partial charge in [0.25, 0.3) is 0 Å². The van der Waals surface area contributed by atoms with Crippen molar-refractivity contribution < 1.29 is 14.7 Å². The molecule has 0 spiro atoms. The molecular formula is C20H24N4O3. The highest BCUT2D eigenvalue weighted by molar-refractivity contribution is 5.93. The maximum Gasteiger partial charge on any atom is 0.335 e. The third-order valence-corrected chi connectivity index (χ3v) is 4.55. The molecule has 2 aromatic rings. The maximum absolute atomic E-state index is 11.4. The Morgan fingerprint density at radius 1 is 1.19 bits per heavy atom. The lowest BCUT2D eigenvalue weighted by Crippen LogP contribution is -2.47. The zero-order valence-electron chi connectivity index (χ0n) is 15.6. The summed E-state index contributed by atoms with van der Waals surface area (Å²) in [6, 6.07) is 8.96. The van der Waals surface area contributed by atoms with Crippen molar-refractivity contribution in [3.8, 4) is 0 Å². The summed E-state index contributed by atoms with van der Waals surface area (Å²) in [4.78, 5) is 31.4. The third-order valence-electron chi connectivity index (χ3n) is 4.55. The Bertz CT molecular complexity index is 830. The lowest BCUT2D eigenvalue weighted by atomic mass is 10.1. The first-order chi connectivity index (χ1) is 13.0. The number of carboxylic acid groups (broad SMARTS) is 1. The molecule has 0 saturated carbocycles. The van der Waals surface area contributed by atoms with Crippen LogP contribution in [0.5, 0.6) is 0 Å². The second kappa shape index (κ2) is 8.07. The number of nitrogens with zero attached hydrogens (tertiary/aromatic N) is 3. The van der Waals surface area contributed by atoms with E-state index in [1.165, 1.54) is 6.07 Å². The van der Waals surface area contributed by atoms with E-state index in [0.717, 1.165) is 49.7 Å². The van der Waals surface area contributed by atoms with Crippen LogP contribution < -0.4 is 15.1 Å². The molecule has 0 aliphatic carbocycles. The monoisotopic (exact) mass is 368 g/mol. The van der Waals surface area contributed by atoms with Crippen molar-refractivity contribution in [2.45, 2.75) is 19.9 Å². The molecule has 1 aliphatic rings. The van der Waals surface area contributed by atoms with Crippen LogP contribution in [0.1, 0.15) is 34.6 Å². The van der Waals surface area contributed by atoms with E-state index in [2.05, 4.69) is 33.9 Å². The molecule has 1 aromatic carbocycles. The summed E-state index contributed by atoms with van der Waals surface area (Å²) in [6.45, 7) is 7.17. The molecule has 1 aliphatic heterocycles. The van der Waals surface area contributed by atoms with Gasteiger partial charge in [0, 0.05) is 49.7 Å². The molecule has 27 heavy (non-hydrogen) atoms. The van der Waals surface area contributed by atoms with E-state index in [9.17, 15) is 9.59 Å². The Kier molecular flexibility index (Phi) is 5.59. The summed E-state index contributed by atoms with van der Waals surface area (Å²) in [5, 5.41) is 12.5. The zero-order chi connectivity index (χ0) is 19.4. The number of pyridine rings is 1. The second-order valence-corrected chi connectivity index (χ2v) is 6.84. The number of rotatable bonds is 6. The number of benzene rings is 1. The predicted molar refractivity (Wildman–Crippen MR) is 106 cm³/mol. The minimum atomic E-state index is -1.03. The van der Waals surface area contributed by atoms with Crippen molar-refractivity contribution >= 4 is 29.4 Å². The van der Waals surface area contributed by atoms with E-state index in [1.54, 1.807) is 18.3 Å². The number of hydrogen-bond acceptors (Lipinski definition) is 6. The van der Waals surface area contributed by atoms with Crippen LogP contribution in [0.3, 0.4) is 0 Å². The molecule has 142 valence electrons. The Hall–Kier alpha value is -3.09. The molecule has 2 N–H and O–H groups in total. The van der Waals surface area contributed by atoms with Crippen molar-refractivity contribution in [3.63, 3.8) is 0 Å². The number of aldehydes is 1. The molecule has 7 heteroatoms. The normalized spacial score (nSPS) is 14.3. The van der Waals surface area contributed by atoms with E-state index in [4.69, 9.17) is 5.11 Å². The molecule has 1 saturated heterocycles. The summed E-state index contributed by atoms with van der Waals surface area (Å²) in [5.74, 6) is -0.0995. The Balaban J connectivity index is 1.75. The van der Waals surface area contributed by atoms with Gasteiger partial charge in [-0.05, 0) is 44.2 Å². The molecule has 0 radical (unpaired) electrons. The van der Waals surface area contributed by atoms with Gasteiger partial charge in [-0.1, -0.05) is 0 Å². The summed E-state index contributed by atoms with van der Waals surface area (Å²) in [6.07, 6.45) is 2.51. The van der Waals surface area contributed by atoms with E-state index >= 15 is 0 Å². The van der Waals surface area contributed by atoms with Gasteiger partial charge in [-0.2, -0.15) is 0 Å². The highest BCUT2D eigenvalue weighted by Crippen LogP contribution is 2.27. The van der Waals surface area contributed by atoms with Crippen molar-refractivity contribution in [2.24, 2.45) is 0 Å².